The van der Waals surface area contributed by atoms with Crippen LogP contribution in [0.2, 0.25) is 0 Å². The highest BCUT2D eigenvalue weighted by atomic mass is 16.2. The van der Waals surface area contributed by atoms with E-state index >= 15 is 0 Å². The third-order valence-corrected chi connectivity index (χ3v) is 4.86. The number of likely N-dealkylation sites (tertiary alicyclic amines) is 1. The average molecular weight is 282 g/mol. The summed E-state index contributed by atoms with van der Waals surface area (Å²) >= 11 is 0. The predicted molar refractivity (Wildman–Crippen MR) is 81.5 cm³/mol. The first-order valence-corrected chi connectivity index (χ1v) is 8.04. The molecule has 5 heteroatoms. The van der Waals surface area contributed by atoms with Crippen molar-refractivity contribution < 1.29 is 4.79 Å². The summed E-state index contributed by atoms with van der Waals surface area (Å²) in [5.41, 5.74) is 5.85. The van der Waals surface area contributed by atoms with Crippen LogP contribution in [0.1, 0.15) is 39.0 Å². The minimum Gasteiger partial charge on any atom is -0.340 e. The standard InChI is InChI=1S/C15H30N4O/c1-12(19-10-6-13(16)11-15(19)20)5-9-18(2)14-3-7-17-8-4-14/h12-14,17H,3-11,16H2,1-2H3. The number of nitrogens with two attached hydrogens (primary N) is 1. The van der Waals surface area contributed by atoms with E-state index in [9.17, 15) is 4.79 Å². The second kappa shape index (κ2) is 7.38. The average Bonchev–Trinajstić information content (AvgIpc) is 2.45. The number of hydrogen-bond donors (Lipinski definition) is 2. The Hall–Kier alpha value is -0.650. The van der Waals surface area contributed by atoms with Gasteiger partial charge in [-0.25, -0.2) is 0 Å². The van der Waals surface area contributed by atoms with Crippen LogP contribution >= 0.6 is 0 Å². The first-order valence-electron chi connectivity index (χ1n) is 8.04. The molecular formula is C15H30N4O. The molecule has 5 nitrogen and oxygen atoms in total. The Morgan fingerprint density at radius 3 is 2.75 bits per heavy atom. The van der Waals surface area contributed by atoms with Crippen LogP contribution in [0, 0.1) is 0 Å². The lowest BCUT2D eigenvalue weighted by molar-refractivity contribution is -0.136. The quantitative estimate of drug-likeness (QED) is 0.766. The van der Waals surface area contributed by atoms with Crippen LogP contribution in [0.5, 0.6) is 0 Å². The third kappa shape index (κ3) is 4.17. The van der Waals surface area contributed by atoms with Gasteiger partial charge < -0.3 is 20.9 Å². The Bertz CT molecular complexity index is 317. The molecule has 3 N–H and O–H groups in total. The number of amides is 1. The zero-order chi connectivity index (χ0) is 14.5. The molecule has 0 aromatic rings. The third-order valence-electron chi connectivity index (χ3n) is 4.86. The molecule has 2 saturated heterocycles. The maximum Gasteiger partial charge on any atom is 0.224 e. The highest BCUT2D eigenvalue weighted by Crippen LogP contribution is 2.17. The van der Waals surface area contributed by atoms with E-state index in [4.69, 9.17) is 5.73 Å². The van der Waals surface area contributed by atoms with Gasteiger partial charge in [-0.3, -0.25) is 4.79 Å². The zero-order valence-electron chi connectivity index (χ0n) is 13.0. The van der Waals surface area contributed by atoms with E-state index in [-0.39, 0.29) is 11.9 Å². The second-order valence-corrected chi connectivity index (χ2v) is 6.44. The maximum absolute atomic E-state index is 12.0. The molecule has 0 aliphatic carbocycles. The van der Waals surface area contributed by atoms with Gasteiger partial charge in [0.15, 0.2) is 0 Å². The Kier molecular flexibility index (Phi) is 5.81. The van der Waals surface area contributed by atoms with Crippen LogP contribution in [0.3, 0.4) is 0 Å². The lowest BCUT2D eigenvalue weighted by Crippen LogP contribution is -2.49. The van der Waals surface area contributed by atoms with E-state index in [0.717, 1.165) is 39.0 Å². The van der Waals surface area contributed by atoms with Crippen molar-refractivity contribution >= 4 is 5.91 Å². The van der Waals surface area contributed by atoms with Gasteiger partial charge in [-0.2, -0.15) is 0 Å². The van der Waals surface area contributed by atoms with Gasteiger partial charge in [0.05, 0.1) is 0 Å². The van der Waals surface area contributed by atoms with E-state index in [1.54, 1.807) is 0 Å². The molecule has 0 aromatic heterocycles. The molecule has 0 saturated carbocycles. The van der Waals surface area contributed by atoms with Crippen LogP contribution in [0.4, 0.5) is 0 Å². The summed E-state index contributed by atoms with van der Waals surface area (Å²) in [4.78, 5) is 16.5. The van der Waals surface area contributed by atoms with Gasteiger partial charge in [0.25, 0.3) is 0 Å². The lowest BCUT2D eigenvalue weighted by atomic mass is 10.0. The lowest BCUT2D eigenvalue weighted by Gasteiger charge is -2.37. The van der Waals surface area contributed by atoms with Gasteiger partial charge in [0.2, 0.25) is 5.91 Å². The SMILES string of the molecule is CC(CCN(C)C1CCNCC1)N1CCC(N)CC1=O. The van der Waals surface area contributed by atoms with E-state index in [2.05, 4.69) is 24.2 Å². The van der Waals surface area contributed by atoms with E-state index in [1.807, 2.05) is 4.90 Å². The number of nitrogens with zero attached hydrogens (tertiary/aromatic N) is 2. The van der Waals surface area contributed by atoms with Crippen LogP contribution in [-0.2, 0) is 4.79 Å². The molecule has 2 unspecified atom stereocenters. The molecule has 2 heterocycles. The van der Waals surface area contributed by atoms with Crippen LogP contribution in [0.15, 0.2) is 0 Å². The topological polar surface area (TPSA) is 61.6 Å². The predicted octanol–water partition coefficient (Wildman–Crippen LogP) is 0.399. The van der Waals surface area contributed by atoms with Crippen molar-refractivity contribution in [2.24, 2.45) is 5.73 Å². The minimum absolute atomic E-state index is 0.0726. The molecule has 2 aliphatic rings. The summed E-state index contributed by atoms with van der Waals surface area (Å²) in [6.07, 6.45) is 5.00. The van der Waals surface area contributed by atoms with Crippen molar-refractivity contribution in [1.82, 2.24) is 15.1 Å². The van der Waals surface area contributed by atoms with Crippen molar-refractivity contribution in [3.63, 3.8) is 0 Å². The van der Waals surface area contributed by atoms with Gasteiger partial charge in [-0.15, -0.1) is 0 Å². The number of carbonyl (C=O) groups excluding carboxylic acids is 1. The fourth-order valence-electron chi connectivity index (χ4n) is 3.32. The Morgan fingerprint density at radius 2 is 2.10 bits per heavy atom. The van der Waals surface area contributed by atoms with Crippen LogP contribution in [0.25, 0.3) is 0 Å². The number of piperidine rings is 2. The number of rotatable bonds is 5. The Labute approximate surface area is 122 Å². The largest absolute Gasteiger partial charge is 0.340 e. The van der Waals surface area contributed by atoms with Crippen molar-refractivity contribution in [2.45, 2.75) is 57.2 Å². The number of nitrogens with one attached hydrogen (secondary N) is 1. The second-order valence-electron chi connectivity index (χ2n) is 6.44. The summed E-state index contributed by atoms with van der Waals surface area (Å²) in [6, 6.07) is 1.11. The molecule has 0 aromatic carbocycles. The van der Waals surface area contributed by atoms with Crippen molar-refractivity contribution in [2.75, 3.05) is 33.2 Å². The fourth-order valence-corrected chi connectivity index (χ4v) is 3.32. The summed E-state index contributed by atoms with van der Waals surface area (Å²) < 4.78 is 0. The first kappa shape index (κ1) is 15.7. The molecule has 2 aliphatic heterocycles. The molecule has 116 valence electrons. The van der Waals surface area contributed by atoms with E-state index in [0.29, 0.717) is 18.5 Å². The summed E-state index contributed by atoms with van der Waals surface area (Å²) in [6.45, 7) is 6.34. The molecular weight excluding hydrogens is 252 g/mol. The number of hydrogen-bond acceptors (Lipinski definition) is 4. The smallest absolute Gasteiger partial charge is 0.224 e. The molecule has 2 atom stereocenters. The van der Waals surface area contributed by atoms with Crippen LogP contribution < -0.4 is 11.1 Å². The molecule has 1 amide bonds. The molecule has 0 bridgehead atoms. The van der Waals surface area contributed by atoms with Gasteiger partial charge in [-0.1, -0.05) is 0 Å². The van der Waals surface area contributed by atoms with E-state index in [1.165, 1.54) is 12.8 Å². The molecule has 20 heavy (non-hydrogen) atoms. The molecule has 0 radical (unpaired) electrons. The van der Waals surface area contributed by atoms with E-state index < -0.39 is 0 Å². The molecule has 2 rings (SSSR count). The van der Waals surface area contributed by atoms with Crippen molar-refractivity contribution in [3.8, 4) is 0 Å². The first-order chi connectivity index (χ1) is 9.58. The van der Waals surface area contributed by atoms with Crippen molar-refractivity contribution in [3.05, 3.63) is 0 Å². The summed E-state index contributed by atoms with van der Waals surface area (Å²) in [7, 11) is 2.22. The highest BCUT2D eigenvalue weighted by Gasteiger charge is 2.27. The number of carbonyl (C=O) groups is 1. The van der Waals surface area contributed by atoms with Gasteiger partial charge in [0, 0.05) is 37.6 Å². The van der Waals surface area contributed by atoms with Crippen molar-refractivity contribution in [1.29, 1.82) is 0 Å². The van der Waals surface area contributed by atoms with Crippen LogP contribution in [-0.4, -0.2) is 67.1 Å². The zero-order valence-corrected chi connectivity index (χ0v) is 13.0. The Morgan fingerprint density at radius 1 is 1.40 bits per heavy atom. The normalized spacial score (nSPS) is 27.1. The maximum atomic E-state index is 12.0. The molecule has 2 fully saturated rings. The minimum atomic E-state index is 0.0726. The van der Waals surface area contributed by atoms with Gasteiger partial charge in [0.1, 0.15) is 0 Å². The van der Waals surface area contributed by atoms with Gasteiger partial charge >= 0.3 is 0 Å². The van der Waals surface area contributed by atoms with Gasteiger partial charge in [-0.05, 0) is 52.7 Å². The fraction of sp³-hybridized carbons (Fsp3) is 0.933. The Balaban J connectivity index is 1.73. The monoisotopic (exact) mass is 282 g/mol. The summed E-state index contributed by atoms with van der Waals surface area (Å²) in [5.74, 6) is 0.237. The molecule has 0 spiro atoms. The highest BCUT2D eigenvalue weighted by molar-refractivity contribution is 5.77. The summed E-state index contributed by atoms with van der Waals surface area (Å²) in [5, 5.41) is 3.40.